The number of hydrogen-bond donors (Lipinski definition) is 0. The third kappa shape index (κ3) is 5.14. The van der Waals surface area contributed by atoms with Crippen molar-refractivity contribution in [2.24, 2.45) is 0 Å². The minimum absolute atomic E-state index is 0.644. The van der Waals surface area contributed by atoms with Gasteiger partial charge in [-0.3, -0.25) is 0 Å². The number of nitrogens with zero attached hydrogens (tertiary/aromatic N) is 4. The van der Waals surface area contributed by atoms with Crippen LogP contribution >= 0.6 is 11.3 Å². The van der Waals surface area contributed by atoms with E-state index in [0.717, 1.165) is 50.0 Å². The van der Waals surface area contributed by atoms with Crippen LogP contribution in [-0.2, 0) is 0 Å². The lowest BCUT2D eigenvalue weighted by atomic mass is 9.95. The highest BCUT2D eigenvalue weighted by molar-refractivity contribution is 7.26. The van der Waals surface area contributed by atoms with Crippen molar-refractivity contribution in [1.29, 1.82) is 0 Å². The molecule has 0 aliphatic rings. The third-order valence-electron chi connectivity index (χ3n) is 9.50. The fourth-order valence-electron chi connectivity index (χ4n) is 7.08. The fraction of sp³-hybridized carbons (Fsp3) is 0. The summed E-state index contributed by atoms with van der Waals surface area (Å²) in [6, 6.07) is 59.1. The van der Waals surface area contributed by atoms with Crippen molar-refractivity contribution >= 4 is 53.2 Å². The van der Waals surface area contributed by atoms with E-state index in [4.69, 9.17) is 19.9 Å². The Kier molecular flexibility index (Phi) is 6.96. The van der Waals surface area contributed by atoms with E-state index in [2.05, 4.69) is 109 Å². The van der Waals surface area contributed by atoms with Gasteiger partial charge >= 0.3 is 0 Å². The molecule has 10 aromatic rings. The van der Waals surface area contributed by atoms with E-state index in [1.807, 2.05) is 72.0 Å². The van der Waals surface area contributed by atoms with Crippen LogP contribution in [0.1, 0.15) is 0 Å². The topological polar surface area (TPSA) is 51.6 Å². The SMILES string of the molecule is c1ccc(-c2nc(-c3ccccc3)nc(-c3cccc(-c4ccc5sc6ccc7c(-c8ccccc8)nc8ccccc8c7c6c5c4)c3)n2)cc1. The van der Waals surface area contributed by atoms with Gasteiger partial charge in [0.2, 0.25) is 0 Å². The highest BCUT2D eigenvalue weighted by atomic mass is 32.1. The number of benzene rings is 7. The lowest BCUT2D eigenvalue weighted by Crippen LogP contribution is -2.00. The summed E-state index contributed by atoms with van der Waals surface area (Å²) >= 11 is 1.84. The molecule has 0 aliphatic heterocycles. The first-order valence-corrected chi connectivity index (χ1v) is 17.8. The average Bonchev–Trinajstić information content (AvgIpc) is 3.59. The minimum atomic E-state index is 0.644. The number of hydrogen-bond acceptors (Lipinski definition) is 5. The average molecular weight is 669 g/mol. The van der Waals surface area contributed by atoms with E-state index < -0.39 is 0 Å². The number of rotatable bonds is 5. The van der Waals surface area contributed by atoms with Crippen molar-refractivity contribution in [3.63, 3.8) is 0 Å². The Morgan fingerprint density at radius 3 is 1.57 bits per heavy atom. The maximum absolute atomic E-state index is 5.19. The first-order chi connectivity index (χ1) is 25.3. The van der Waals surface area contributed by atoms with Crippen molar-refractivity contribution in [1.82, 2.24) is 19.9 Å². The minimum Gasteiger partial charge on any atom is -0.247 e. The molecule has 10 rings (SSSR count). The van der Waals surface area contributed by atoms with Crippen LogP contribution in [0.4, 0.5) is 0 Å². The maximum atomic E-state index is 5.19. The zero-order valence-corrected chi connectivity index (χ0v) is 28.2. The molecule has 7 aromatic carbocycles. The number of thiophene rings is 1. The molecule has 0 spiro atoms. The van der Waals surface area contributed by atoms with E-state index in [1.165, 1.54) is 30.9 Å². The van der Waals surface area contributed by atoms with Crippen molar-refractivity contribution in [2.45, 2.75) is 0 Å². The highest BCUT2D eigenvalue weighted by Gasteiger charge is 2.18. The lowest BCUT2D eigenvalue weighted by molar-refractivity contribution is 1.07. The predicted octanol–water partition coefficient (Wildman–Crippen LogP) is 12.3. The molecule has 3 heterocycles. The second kappa shape index (κ2) is 12.1. The van der Waals surface area contributed by atoms with Crippen LogP contribution in [0.2, 0.25) is 0 Å². The molecule has 0 N–H and O–H groups in total. The summed E-state index contributed by atoms with van der Waals surface area (Å²) in [5.74, 6) is 1.95. The largest absolute Gasteiger partial charge is 0.247 e. The Morgan fingerprint density at radius 1 is 0.314 bits per heavy atom. The van der Waals surface area contributed by atoms with Crippen molar-refractivity contribution < 1.29 is 0 Å². The van der Waals surface area contributed by atoms with Crippen LogP contribution in [0.25, 0.3) is 98.4 Å². The summed E-state index contributed by atoms with van der Waals surface area (Å²) < 4.78 is 2.53. The van der Waals surface area contributed by atoms with E-state index in [1.54, 1.807) is 0 Å². The Morgan fingerprint density at radius 2 is 0.863 bits per heavy atom. The molecule has 0 amide bonds. The van der Waals surface area contributed by atoms with Gasteiger partial charge in [0.1, 0.15) is 0 Å². The van der Waals surface area contributed by atoms with E-state index >= 15 is 0 Å². The second-order valence-corrected chi connectivity index (χ2v) is 13.7. The van der Waals surface area contributed by atoms with E-state index in [-0.39, 0.29) is 0 Å². The Bertz CT molecular complexity index is 2840. The molecule has 0 bridgehead atoms. The summed E-state index contributed by atoms with van der Waals surface area (Å²) in [5.41, 5.74) is 8.22. The second-order valence-electron chi connectivity index (χ2n) is 12.6. The maximum Gasteiger partial charge on any atom is 0.164 e. The van der Waals surface area contributed by atoms with Crippen molar-refractivity contribution in [2.75, 3.05) is 0 Å². The molecule has 51 heavy (non-hydrogen) atoms. The van der Waals surface area contributed by atoms with Gasteiger partial charge in [-0.1, -0.05) is 140 Å². The van der Waals surface area contributed by atoms with Gasteiger partial charge in [-0.25, -0.2) is 19.9 Å². The summed E-state index contributed by atoms with van der Waals surface area (Å²) in [7, 11) is 0. The van der Waals surface area contributed by atoms with Crippen LogP contribution in [0, 0.1) is 0 Å². The van der Waals surface area contributed by atoms with Gasteiger partial charge in [-0.2, -0.15) is 0 Å². The van der Waals surface area contributed by atoms with Gasteiger partial charge in [-0.15, -0.1) is 11.3 Å². The molecule has 0 saturated carbocycles. The van der Waals surface area contributed by atoms with Gasteiger partial charge in [0.05, 0.1) is 11.2 Å². The van der Waals surface area contributed by atoms with Crippen molar-refractivity contribution in [3.05, 3.63) is 170 Å². The van der Waals surface area contributed by atoms with E-state index in [9.17, 15) is 0 Å². The van der Waals surface area contributed by atoms with Crippen molar-refractivity contribution in [3.8, 4) is 56.5 Å². The summed E-state index contributed by atoms with van der Waals surface area (Å²) in [5, 5.41) is 6.11. The third-order valence-corrected chi connectivity index (χ3v) is 10.6. The Labute approximate surface area is 298 Å². The zero-order chi connectivity index (χ0) is 33.7. The summed E-state index contributed by atoms with van der Waals surface area (Å²) in [4.78, 5) is 20.0. The number of aromatic nitrogens is 4. The quantitative estimate of drug-likeness (QED) is 0.171. The predicted molar refractivity (Wildman–Crippen MR) is 213 cm³/mol. The van der Waals surface area contributed by atoms with Crippen LogP contribution in [0.3, 0.4) is 0 Å². The lowest BCUT2D eigenvalue weighted by Gasteiger charge is -2.12. The molecule has 5 heteroatoms. The van der Waals surface area contributed by atoms with Gasteiger partial charge < -0.3 is 0 Å². The molecule has 0 fully saturated rings. The Balaban J connectivity index is 1.16. The Hall–Kier alpha value is -6.56. The summed E-state index contributed by atoms with van der Waals surface area (Å²) in [6.07, 6.45) is 0. The van der Waals surface area contributed by atoms with Gasteiger partial charge in [0.15, 0.2) is 17.5 Å². The first-order valence-electron chi connectivity index (χ1n) is 17.0. The number of fused-ring (bicyclic) bond motifs is 7. The van der Waals surface area contributed by atoms with E-state index in [0.29, 0.717) is 17.5 Å². The van der Waals surface area contributed by atoms with Crippen LogP contribution < -0.4 is 0 Å². The molecule has 0 atom stereocenters. The molecule has 0 aliphatic carbocycles. The van der Waals surface area contributed by atoms with Gasteiger partial charge in [0.25, 0.3) is 0 Å². The standard InChI is InChI=1S/C46H28N4S/c1-4-13-29(14-5-1)43-36-24-26-40-42(41(36)35-21-10-11-22-38(35)47-43)37-28-33(23-25-39(37)51-40)32-19-12-20-34(27-32)46-49-44(30-15-6-2-7-16-30)48-45(50-46)31-17-8-3-9-18-31/h1-28H. The van der Waals surface area contributed by atoms with Crippen LogP contribution in [0.5, 0.6) is 0 Å². The monoisotopic (exact) mass is 668 g/mol. The number of pyridine rings is 1. The zero-order valence-electron chi connectivity index (χ0n) is 27.4. The number of para-hydroxylation sites is 1. The molecular formula is C46H28N4S. The summed E-state index contributed by atoms with van der Waals surface area (Å²) in [6.45, 7) is 0. The van der Waals surface area contributed by atoms with Crippen LogP contribution in [0.15, 0.2) is 170 Å². The molecule has 3 aromatic heterocycles. The fourth-order valence-corrected chi connectivity index (χ4v) is 8.17. The normalized spacial score (nSPS) is 11.5. The molecule has 0 unspecified atom stereocenters. The highest BCUT2D eigenvalue weighted by Crippen LogP contribution is 2.44. The van der Waals surface area contributed by atoms with Gasteiger partial charge in [0, 0.05) is 58.6 Å². The van der Waals surface area contributed by atoms with Gasteiger partial charge in [-0.05, 0) is 41.5 Å². The molecule has 0 saturated heterocycles. The van der Waals surface area contributed by atoms with Crippen LogP contribution in [-0.4, -0.2) is 19.9 Å². The molecule has 4 nitrogen and oxygen atoms in total. The smallest absolute Gasteiger partial charge is 0.164 e. The molecule has 0 radical (unpaired) electrons. The molecular weight excluding hydrogens is 641 g/mol. The molecule has 238 valence electrons. The first kappa shape index (κ1) is 29.4.